The molecular formula is C23H20O2. The number of carbonyl (C=O) groups excluding carboxylic acids is 2. The van der Waals surface area contributed by atoms with E-state index < -0.39 is 5.92 Å². The second kappa shape index (κ2) is 7.27. The van der Waals surface area contributed by atoms with Crippen LogP contribution in [-0.2, 0) is 9.59 Å². The van der Waals surface area contributed by atoms with Gasteiger partial charge in [0.05, 0.1) is 0 Å². The minimum atomic E-state index is -0.722. The number of Topliss-reactive ketones (excluding diaryl/α,β-unsaturated/α-hetero) is 2. The molecule has 0 aromatic heterocycles. The molecule has 0 aliphatic heterocycles. The maximum absolute atomic E-state index is 12.1. The summed E-state index contributed by atoms with van der Waals surface area (Å²) in [6.07, 6.45) is 0. The SMILES string of the molecule is CC(=O)C(C(C)=O)c1ccccc1-c1ccccc1-c1ccccc1. The molecule has 2 nitrogen and oxygen atoms in total. The first kappa shape index (κ1) is 16.8. The molecule has 0 saturated heterocycles. The number of ketones is 2. The van der Waals surface area contributed by atoms with Crippen molar-refractivity contribution in [1.82, 2.24) is 0 Å². The summed E-state index contributed by atoms with van der Waals surface area (Å²) < 4.78 is 0. The van der Waals surface area contributed by atoms with Crippen LogP contribution in [0.5, 0.6) is 0 Å². The fraction of sp³-hybridized carbons (Fsp3) is 0.130. The molecule has 2 heteroatoms. The number of hydrogen-bond acceptors (Lipinski definition) is 2. The summed E-state index contributed by atoms with van der Waals surface area (Å²) in [6, 6.07) is 25.9. The summed E-state index contributed by atoms with van der Waals surface area (Å²) in [5.41, 5.74) is 4.91. The topological polar surface area (TPSA) is 34.1 Å². The van der Waals surface area contributed by atoms with Crippen molar-refractivity contribution in [2.75, 3.05) is 0 Å². The van der Waals surface area contributed by atoms with Crippen LogP contribution in [0.3, 0.4) is 0 Å². The number of rotatable bonds is 5. The van der Waals surface area contributed by atoms with Gasteiger partial charge in [0.1, 0.15) is 17.5 Å². The molecule has 0 radical (unpaired) electrons. The number of benzene rings is 3. The lowest BCUT2D eigenvalue weighted by molar-refractivity contribution is -0.126. The van der Waals surface area contributed by atoms with Crippen LogP contribution in [0.25, 0.3) is 22.3 Å². The molecule has 124 valence electrons. The predicted molar refractivity (Wildman–Crippen MR) is 101 cm³/mol. The lowest BCUT2D eigenvalue weighted by Crippen LogP contribution is -2.18. The molecule has 25 heavy (non-hydrogen) atoms. The quantitative estimate of drug-likeness (QED) is 0.597. The highest BCUT2D eigenvalue weighted by Gasteiger charge is 2.25. The van der Waals surface area contributed by atoms with Gasteiger partial charge in [-0.1, -0.05) is 78.9 Å². The molecule has 0 amide bonds. The Hall–Kier alpha value is -3.00. The Morgan fingerprint density at radius 2 is 1.08 bits per heavy atom. The lowest BCUT2D eigenvalue weighted by atomic mass is 9.84. The second-order valence-electron chi connectivity index (χ2n) is 6.15. The summed E-state index contributed by atoms with van der Waals surface area (Å²) >= 11 is 0. The molecule has 0 fully saturated rings. The molecule has 0 bridgehead atoms. The third kappa shape index (κ3) is 3.43. The highest BCUT2D eigenvalue weighted by Crippen LogP contribution is 2.36. The van der Waals surface area contributed by atoms with E-state index in [1.165, 1.54) is 13.8 Å². The van der Waals surface area contributed by atoms with Crippen LogP contribution in [0.1, 0.15) is 25.3 Å². The molecule has 0 aliphatic carbocycles. The summed E-state index contributed by atoms with van der Waals surface area (Å²) in [6.45, 7) is 2.96. The van der Waals surface area contributed by atoms with Crippen molar-refractivity contribution in [2.24, 2.45) is 0 Å². The Morgan fingerprint density at radius 3 is 1.68 bits per heavy atom. The van der Waals surface area contributed by atoms with Gasteiger partial charge >= 0.3 is 0 Å². The van der Waals surface area contributed by atoms with E-state index in [1.807, 2.05) is 60.7 Å². The molecule has 0 N–H and O–H groups in total. The van der Waals surface area contributed by atoms with Crippen molar-refractivity contribution in [3.8, 4) is 22.3 Å². The first-order valence-electron chi connectivity index (χ1n) is 8.34. The van der Waals surface area contributed by atoms with Crippen molar-refractivity contribution in [1.29, 1.82) is 0 Å². The minimum absolute atomic E-state index is 0.128. The average molecular weight is 328 g/mol. The van der Waals surface area contributed by atoms with E-state index in [0.717, 1.165) is 27.8 Å². The first-order valence-corrected chi connectivity index (χ1v) is 8.34. The van der Waals surface area contributed by atoms with Crippen molar-refractivity contribution >= 4 is 11.6 Å². The Labute approximate surface area is 148 Å². The summed E-state index contributed by atoms with van der Waals surface area (Å²) in [4.78, 5) is 24.2. The zero-order valence-corrected chi connectivity index (χ0v) is 14.4. The highest BCUT2D eigenvalue weighted by molar-refractivity contribution is 6.07. The van der Waals surface area contributed by atoms with Gasteiger partial charge in [-0.15, -0.1) is 0 Å². The summed E-state index contributed by atoms with van der Waals surface area (Å²) in [7, 11) is 0. The van der Waals surface area contributed by atoms with Gasteiger partial charge in [-0.25, -0.2) is 0 Å². The predicted octanol–water partition coefficient (Wildman–Crippen LogP) is 5.28. The maximum Gasteiger partial charge on any atom is 0.144 e. The zero-order chi connectivity index (χ0) is 17.8. The fourth-order valence-corrected chi connectivity index (χ4v) is 3.31. The van der Waals surface area contributed by atoms with Gasteiger partial charge in [0.2, 0.25) is 0 Å². The van der Waals surface area contributed by atoms with E-state index in [0.29, 0.717) is 0 Å². The third-order valence-electron chi connectivity index (χ3n) is 4.39. The van der Waals surface area contributed by atoms with Crippen LogP contribution in [0.15, 0.2) is 78.9 Å². The standard InChI is InChI=1S/C23H20O2/c1-16(24)23(17(2)25)22-15-9-8-14-21(22)20-13-7-6-12-19(20)18-10-4-3-5-11-18/h3-15,23H,1-2H3. The smallest absolute Gasteiger partial charge is 0.144 e. The molecule has 0 atom stereocenters. The third-order valence-corrected chi connectivity index (χ3v) is 4.39. The van der Waals surface area contributed by atoms with Gasteiger partial charge in [0, 0.05) is 0 Å². The molecule has 0 unspecified atom stereocenters. The van der Waals surface area contributed by atoms with E-state index >= 15 is 0 Å². The van der Waals surface area contributed by atoms with Crippen LogP contribution in [0, 0.1) is 0 Å². The Balaban J connectivity index is 2.23. The molecular weight excluding hydrogens is 308 g/mol. The van der Waals surface area contributed by atoms with Crippen LogP contribution in [-0.4, -0.2) is 11.6 Å². The van der Waals surface area contributed by atoms with Gasteiger partial charge in [0.25, 0.3) is 0 Å². The van der Waals surface area contributed by atoms with Crippen LogP contribution in [0.2, 0.25) is 0 Å². The zero-order valence-electron chi connectivity index (χ0n) is 14.4. The minimum Gasteiger partial charge on any atom is -0.299 e. The van der Waals surface area contributed by atoms with Gasteiger partial charge < -0.3 is 0 Å². The Kier molecular flexibility index (Phi) is 4.90. The Morgan fingerprint density at radius 1 is 0.600 bits per heavy atom. The number of carbonyl (C=O) groups is 2. The van der Waals surface area contributed by atoms with Crippen molar-refractivity contribution in [3.63, 3.8) is 0 Å². The molecule has 3 rings (SSSR count). The van der Waals surface area contributed by atoms with Gasteiger partial charge in [-0.05, 0) is 41.7 Å². The van der Waals surface area contributed by atoms with Gasteiger partial charge in [-0.3, -0.25) is 9.59 Å². The van der Waals surface area contributed by atoms with Crippen molar-refractivity contribution in [3.05, 3.63) is 84.4 Å². The molecule has 3 aromatic carbocycles. The second-order valence-corrected chi connectivity index (χ2v) is 6.15. The van der Waals surface area contributed by atoms with E-state index in [1.54, 1.807) is 0 Å². The van der Waals surface area contributed by atoms with Crippen molar-refractivity contribution in [2.45, 2.75) is 19.8 Å². The molecule has 3 aromatic rings. The van der Waals surface area contributed by atoms with E-state index in [-0.39, 0.29) is 11.6 Å². The summed E-state index contributed by atoms with van der Waals surface area (Å²) in [5.74, 6) is -0.977. The van der Waals surface area contributed by atoms with Crippen LogP contribution in [0.4, 0.5) is 0 Å². The van der Waals surface area contributed by atoms with Crippen molar-refractivity contribution < 1.29 is 9.59 Å². The monoisotopic (exact) mass is 328 g/mol. The van der Waals surface area contributed by atoms with E-state index in [4.69, 9.17) is 0 Å². The highest BCUT2D eigenvalue weighted by atomic mass is 16.1. The molecule has 0 saturated carbocycles. The summed E-state index contributed by atoms with van der Waals surface area (Å²) in [5, 5.41) is 0. The van der Waals surface area contributed by atoms with E-state index in [9.17, 15) is 9.59 Å². The van der Waals surface area contributed by atoms with E-state index in [2.05, 4.69) is 18.2 Å². The number of hydrogen-bond donors (Lipinski definition) is 0. The van der Waals surface area contributed by atoms with Gasteiger partial charge in [0.15, 0.2) is 0 Å². The Bertz CT molecular complexity index is 896. The molecule has 0 aliphatic rings. The average Bonchev–Trinajstić information content (AvgIpc) is 2.62. The fourth-order valence-electron chi connectivity index (χ4n) is 3.31. The van der Waals surface area contributed by atoms with Gasteiger partial charge in [-0.2, -0.15) is 0 Å². The molecule has 0 spiro atoms. The largest absolute Gasteiger partial charge is 0.299 e. The van der Waals surface area contributed by atoms with Crippen LogP contribution >= 0.6 is 0 Å². The normalized spacial score (nSPS) is 10.7. The lowest BCUT2D eigenvalue weighted by Gasteiger charge is -2.18. The van der Waals surface area contributed by atoms with Crippen LogP contribution < -0.4 is 0 Å². The maximum atomic E-state index is 12.1. The molecule has 0 heterocycles. The first-order chi connectivity index (χ1) is 12.1.